The molecule has 0 aromatic heterocycles. The fourth-order valence-electron chi connectivity index (χ4n) is 4.00. The number of ether oxygens (including phenoxy) is 3. The zero-order valence-electron chi connectivity index (χ0n) is 18.2. The average molecular weight is 437 g/mol. The van der Waals surface area contributed by atoms with Crippen molar-refractivity contribution in [1.82, 2.24) is 0 Å². The molecule has 2 aromatic carbocycles. The Labute approximate surface area is 187 Å². The lowest BCUT2D eigenvalue weighted by Crippen LogP contribution is -2.17. The highest BCUT2D eigenvalue weighted by atomic mass is 16.7. The summed E-state index contributed by atoms with van der Waals surface area (Å²) in [5, 5.41) is 3.93. The number of oxime groups is 1. The molecule has 2 aromatic rings. The summed E-state index contributed by atoms with van der Waals surface area (Å²) in [7, 11) is 0. The highest BCUT2D eigenvalue weighted by Gasteiger charge is 2.17. The molecule has 0 N–H and O–H groups in total. The van der Waals surface area contributed by atoms with Crippen molar-refractivity contribution in [3.8, 4) is 11.5 Å². The summed E-state index contributed by atoms with van der Waals surface area (Å²) in [5.74, 6) is 1.01. The smallest absolute Gasteiger partial charge is 0.347 e. The van der Waals surface area contributed by atoms with Crippen molar-refractivity contribution in [2.24, 2.45) is 5.16 Å². The molecule has 32 heavy (non-hydrogen) atoms. The minimum atomic E-state index is -0.653. The number of hydrogen-bond acceptors (Lipinski definition) is 7. The van der Waals surface area contributed by atoms with Crippen molar-refractivity contribution < 1.29 is 28.6 Å². The molecule has 0 bridgehead atoms. The van der Waals surface area contributed by atoms with Crippen molar-refractivity contribution in [2.75, 3.05) is 20.0 Å². The fourth-order valence-corrected chi connectivity index (χ4v) is 4.00. The Bertz CT molecular complexity index is 992. The Balaban J connectivity index is 1.21. The zero-order chi connectivity index (χ0) is 22.3. The lowest BCUT2D eigenvalue weighted by Gasteiger charge is -2.22. The van der Waals surface area contributed by atoms with Gasteiger partial charge in [-0.15, -0.1) is 0 Å². The summed E-state index contributed by atoms with van der Waals surface area (Å²) >= 11 is 0. The molecule has 0 unspecified atom stereocenters. The Morgan fingerprint density at radius 3 is 2.44 bits per heavy atom. The third-order valence-corrected chi connectivity index (χ3v) is 5.85. The van der Waals surface area contributed by atoms with Crippen LogP contribution >= 0.6 is 0 Å². The van der Waals surface area contributed by atoms with Gasteiger partial charge in [0.2, 0.25) is 13.4 Å². The largest absolute Gasteiger partial charge is 0.455 e. The number of esters is 1. The van der Waals surface area contributed by atoms with Crippen molar-refractivity contribution in [3.05, 3.63) is 59.2 Å². The van der Waals surface area contributed by atoms with Crippen LogP contribution in [0.2, 0.25) is 0 Å². The quantitative estimate of drug-likeness (QED) is 0.259. The molecule has 1 aliphatic heterocycles. The van der Waals surface area contributed by atoms with Gasteiger partial charge in [-0.2, -0.15) is 0 Å². The van der Waals surface area contributed by atoms with E-state index in [0.29, 0.717) is 28.7 Å². The van der Waals surface area contributed by atoms with Crippen LogP contribution in [0.25, 0.3) is 0 Å². The Morgan fingerprint density at radius 1 is 0.938 bits per heavy atom. The Hall–Kier alpha value is -3.35. The number of fused-ring (bicyclic) bond motifs is 1. The first-order chi connectivity index (χ1) is 15.6. The van der Waals surface area contributed by atoms with E-state index in [1.165, 1.54) is 37.7 Å². The highest BCUT2D eigenvalue weighted by Crippen LogP contribution is 2.33. The number of benzene rings is 2. The van der Waals surface area contributed by atoms with Crippen LogP contribution < -0.4 is 9.47 Å². The van der Waals surface area contributed by atoms with Crippen LogP contribution in [0.1, 0.15) is 66.4 Å². The summed E-state index contributed by atoms with van der Waals surface area (Å²) in [4.78, 5) is 29.3. The maximum Gasteiger partial charge on any atom is 0.347 e. The van der Waals surface area contributed by atoms with Gasteiger partial charge in [0.25, 0.3) is 0 Å². The summed E-state index contributed by atoms with van der Waals surface area (Å²) in [5.41, 5.74) is 3.18. The van der Waals surface area contributed by atoms with Gasteiger partial charge in [-0.25, -0.2) is 4.79 Å². The number of rotatable bonds is 8. The van der Waals surface area contributed by atoms with E-state index in [0.717, 1.165) is 5.56 Å². The van der Waals surface area contributed by atoms with Gasteiger partial charge in [-0.3, -0.25) is 4.79 Å². The minimum Gasteiger partial charge on any atom is -0.455 e. The van der Waals surface area contributed by atoms with E-state index in [1.807, 2.05) is 30.3 Å². The second-order valence-electron chi connectivity index (χ2n) is 8.06. The van der Waals surface area contributed by atoms with Crippen molar-refractivity contribution >= 4 is 17.5 Å². The van der Waals surface area contributed by atoms with E-state index in [4.69, 9.17) is 19.0 Å². The lowest BCUT2D eigenvalue weighted by molar-refractivity contribution is -0.147. The number of ketones is 1. The molecular formula is C25H27NO6. The van der Waals surface area contributed by atoms with E-state index in [9.17, 15) is 9.59 Å². The predicted molar refractivity (Wildman–Crippen MR) is 118 cm³/mol. The van der Waals surface area contributed by atoms with Crippen LogP contribution in [0.5, 0.6) is 11.5 Å². The lowest BCUT2D eigenvalue weighted by atomic mass is 9.84. The molecule has 0 saturated heterocycles. The summed E-state index contributed by atoms with van der Waals surface area (Å²) < 4.78 is 15.6. The summed E-state index contributed by atoms with van der Waals surface area (Å²) in [6.07, 6.45) is 6.27. The van der Waals surface area contributed by atoms with E-state index < -0.39 is 5.97 Å². The van der Waals surface area contributed by atoms with Gasteiger partial charge in [0.05, 0.1) is 5.71 Å². The standard InChI is InChI=1S/C25H27NO6/c1-17(21-11-12-23-24(13-21)31-16-30-23)26-32-15-25(28)29-14-22(27)20-9-7-19(8-10-20)18-5-3-2-4-6-18/h7-13,18H,2-6,14-16H2,1H3/b26-17-. The normalized spacial score (nSPS) is 16.0. The molecule has 0 amide bonds. The maximum absolute atomic E-state index is 12.3. The van der Waals surface area contributed by atoms with E-state index >= 15 is 0 Å². The van der Waals surface area contributed by atoms with Crippen LogP contribution in [0, 0.1) is 0 Å². The third-order valence-electron chi connectivity index (χ3n) is 5.85. The topological polar surface area (TPSA) is 83.4 Å². The first-order valence-electron chi connectivity index (χ1n) is 11.0. The molecule has 0 spiro atoms. The van der Waals surface area contributed by atoms with Gasteiger partial charge in [-0.05, 0) is 49.4 Å². The van der Waals surface area contributed by atoms with Gasteiger partial charge in [-0.1, -0.05) is 48.7 Å². The molecule has 1 aliphatic carbocycles. The Morgan fingerprint density at radius 2 is 1.66 bits per heavy atom. The number of Topliss-reactive ketones (excluding diaryl/α,β-unsaturated/α-hetero) is 1. The fraction of sp³-hybridized carbons (Fsp3) is 0.400. The molecule has 7 nitrogen and oxygen atoms in total. The molecule has 1 saturated carbocycles. The van der Waals surface area contributed by atoms with E-state index in [2.05, 4.69) is 5.16 Å². The molecule has 1 fully saturated rings. The van der Waals surface area contributed by atoms with Gasteiger partial charge in [0.15, 0.2) is 23.9 Å². The predicted octanol–water partition coefficient (Wildman–Crippen LogP) is 4.63. The van der Waals surface area contributed by atoms with Gasteiger partial charge in [0.1, 0.15) is 0 Å². The summed E-state index contributed by atoms with van der Waals surface area (Å²) in [6.45, 7) is 1.25. The average Bonchev–Trinajstić information content (AvgIpc) is 3.31. The Kier molecular flexibility index (Phi) is 7.04. The molecule has 7 heteroatoms. The molecule has 2 aliphatic rings. The van der Waals surface area contributed by atoms with Gasteiger partial charge in [0, 0.05) is 11.1 Å². The van der Waals surface area contributed by atoms with Crippen LogP contribution in [0.3, 0.4) is 0 Å². The SMILES string of the molecule is C/C(=N/OCC(=O)OCC(=O)c1ccc(C2CCCCC2)cc1)c1ccc2c(c1)OCO2. The first kappa shape index (κ1) is 21.9. The minimum absolute atomic E-state index is 0.195. The maximum atomic E-state index is 12.3. The highest BCUT2D eigenvalue weighted by molar-refractivity contribution is 5.99. The van der Waals surface area contributed by atoms with Gasteiger partial charge < -0.3 is 19.0 Å². The van der Waals surface area contributed by atoms with Crippen LogP contribution in [-0.4, -0.2) is 37.5 Å². The molecule has 0 atom stereocenters. The molecule has 168 valence electrons. The molecule has 0 radical (unpaired) electrons. The second kappa shape index (κ2) is 10.3. The molecule has 1 heterocycles. The van der Waals surface area contributed by atoms with E-state index in [-0.39, 0.29) is 25.8 Å². The molecular weight excluding hydrogens is 410 g/mol. The third kappa shape index (κ3) is 5.46. The van der Waals surface area contributed by atoms with Crippen LogP contribution in [-0.2, 0) is 14.4 Å². The van der Waals surface area contributed by atoms with Crippen LogP contribution in [0.15, 0.2) is 47.6 Å². The van der Waals surface area contributed by atoms with E-state index in [1.54, 1.807) is 19.1 Å². The summed E-state index contributed by atoms with van der Waals surface area (Å²) in [6, 6.07) is 13.1. The van der Waals surface area contributed by atoms with Gasteiger partial charge >= 0.3 is 5.97 Å². The first-order valence-corrected chi connectivity index (χ1v) is 11.0. The van der Waals surface area contributed by atoms with Crippen molar-refractivity contribution in [1.29, 1.82) is 0 Å². The van der Waals surface area contributed by atoms with Crippen molar-refractivity contribution in [3.63, 3.8) is 0 Å². The van der Waals surface area contributed by atoms with Crippen LogP contribution in [0.4, 0.5) is 0 Å². The number of hydrogen-bond donors (Lipinski definition) is 0. The molecule has 4 rings (SSSR count). The number of carbonyl (C=O) groups is 2. The van der Waals surface area contributed by atoms with Crippen molar-refractivity contribution in [2.45, 2.75) is 44.9 Å². The number of carbonyl (C=O) groups excluding carboxylic acids is 2. The second-order valence-corrected chi connectivity index (χ2v) is 8.06. The monoisotopic (exact) mass is 437 g/mol. The number of nitrogens with zero attached hydrogens (tertiary/aromatic N) is 1. The zero-order valence-corrected chi connectivity index (χ0v) is 18.2.